The van der Waals surface area contributed by atoms with Crippen LogP contribution in [0.3, 0.4) is 0 Å². The third kappa shape index (κ3) is 3.84. The second kappa shape index (κ2) is 7.66. The summed E-state index contributed by atoms with van der Waals surface area (Å²) in [6, 6.07) is 13.9. The smallest absolute Gasteiger partial charge is 0.292 e. The Morgan fingerprint density at radius 2 is 1.71 bits per heavy atom. The van der Waals surface area contributed by atoms with Gasteiger partial charge in [0.1, 0.15) is 4.83 Å². The van der Waals surface area contributed by atoms with Crippen molar-refractivity contribution in [1.29, 1.82) is 0 Å². The highest BCUT2D eigenvalue weighted by atomic mass is 32.1. The summed E-state index contributed by atoms with van der Waals surface area (Å²) in [6.07, 6.45) is -4.59. The summed E-state index contributed by atoms with van der Waals surface area (Å²) in [4.78, 5) is 40.1. The number of hydrogen-bond donors (Lipinski definition) is 0. The number of aryl methyl sites for hydroxylation is 1. The number of carbonyl (C=O) groups excluding carboxylic acids is 1. The van der Waals surface area contributed by atoms with Gasteiger partial charge < -0.3 is 0 Å². The van der Waals surface area contributed by atoms with Gasteiger partial charge >= 0.3 is 11.9 Å². The molecule has 0 amide bonds. The van der Waals surface area contributed by atoms with Gasteiger partial charge in [-0.3, -0.25) is 14.2 Å². The third-order valence-corrected chi connectivity index (χ3v) is 5.84. The standard InChI is InChI=1S/C22H15F3N2O3S/c1-13-10-17-19(29)27(16-8-3-2-4-9-16)21(30)26(20(17)31-13)12-18(28)14-6-5-7-15(11-14)22(23,24)25/h2-11H,12H2,1H3. The molecule has 0 atom stereocenters. The van der Waals surface area contributed by atoms with Crippen molar-refractivity contribution < 1.29 is 18.0 Å². The average molecular weight is 444 g/mol. The summed E-state index contributed by atoms with van der Waals surface area (Å²) < 4.78 is 41.2. The molecule has 0 saturated heterocycles. The van der Waals surface area contributed by atoms with E-state index in [1.807, 2.05) is 0 Å². The molecule has 4 aromatic rings. The zero-order chi connectivity index (χ0) is 22.3. The average Bonchev–Trinajstić information content (AvgIpc) is 3.13. The van der Waals surface area contributed by atoms with Crippen molar-refractivity contribution in [3.63, 3.8) is 0 Å². The number of ketones is 1. The number of alkyl halides is 3. The first-order valence-corrected chi connectivity index (χ1v) is 10.0. The lowest BCUT2D eigenvalue weighted by Gasteiger charge is -2.12. The van der Waals surface area contributed by atoms with Gasteiger partial charge in [0.25, 0.3) is 5.56 Å². The maximum Gasteiger partial charge on any atom is 0.416 e. The monoisotopic (exact) mass is 444 g/mol. The van der Waals surface area contributed by atoms with Crippen molar-refractivity contribution in [2.75, 3.05) is 0 Å². The van der Waals surface area contributed by atoms with Crippen molar-refractivity contribution in [3.8, 4) is 5.69 Å². The molecular formula is C22H15F3N2O3S. The van der Waals surface area contributed by atoms with E-state index in [2.05, 4.69) is 0 Å². The Morgan fingerprint density at radius 3 is 2.39 bits per heavy atom. The Bertz CT molecular complexity index is 1420. The molecule has 0 spiro atoms. The fourth-order valence-corrected chi connectivity index (χ4v) is 4.31. The number of halogens is 3. The van der Waals surface area contributed by atoms with Crippen LogP contribution in [0.1, 0.15) is 20.8 Å². The minimum Gasteiger partial charge on any atom is -0.292 e. The van der Waals surface area contributed by atoms with E-state index in [4.69, 9.17) is 0 Å². The van der Waals surface area contributed by atoms with Crippen molar-refractivity contribution in [3.05, 3.63) is 97.5 Å². The first kappa shape index (κ1) is 20.8. The molecule has 0 aliphatic carbocycles. The highest BCUT2D eigenvalue weighted by molar-refractivity contribution is 7.18. The fourth-order valence-electron chi connectivity index (χ4n) is 3.32. The van der Waals surface area contributed by atoms with Gasteiger partial charge in [0, 0.05) is 10.4 Å². The quantitative estimate of drug-likeness (QED) is 0.438. The molecule has 158 valence electrons. The molecule has 0 saturated carbocycles. The van der Waals surface area contributed by atoms with Gasteiger partial charge in [0.05, 0.1) is 23.2 Å². The van der Waals surface area contributed by atoms with E-state index in [1.54, 1.807) is 43.3 Å². The van der Waals surface area contributed by atoms with Gasteiger partial charge in [-0.15, -0.1) is 11.3 Å². The molecule has 0 radical (unpaired) electrons. The van der Waals surface area contributed by atoms with Crippen LogP contribution in [0.5, 0.6) is 0 Å². The second-order valence-corrected chi connectivity index (χ2v) is 8.16. The Morgan fingerprint density at radius 1 is 1.00 bits per heavy atom. The molecule has 31 heavy (non-hydrogen) atoms. The van der Waals surface area contributed by atoms with Gasteiger partial charge in [-0.2, -0.15) is 13.2 Å². The largest absolute Gasteiger partial charge is 0.416 e. The molecule has 0 aliphatic rings. The third-order valence-electron chi connectivity index (χ3n) is 4.76. The lowest BCUT2D eigenvalue weighted by Crippen LogP contribution is -2.39. The van der Waals surface area contributed by atoms with Gasteiger partial charge in [0.15, 0.2) is 5.78 Å². The number of nitrogens with zero attached hydrogens (tertiary/aromatic N) is 2. The van der Waals surface area contributed by atoms with Crippen molar-refractivity contribution in [2.24, 2.45) is 0 Å². The van der Waals surface area contributed by atoms with E-state index >= 15 is 0 Å². The van der Waals surface area contributed by atoms with Crippen molar-refractivity contribution >= 4 is 27.3 Å². The van der Waals surface area contributed by atoms with E-state index in [0.717, 1.165) is 32.2 Å². The second-order valence-electron chi connectivity index (χ2n) is 6.92. The number of aromatic nitrogens is 2. The van der Waals surface area contributed by atoms with E-state index in [1.165, 1.54) is 17.4 Å². The highest BCUT2D eigenvalue weighted by Gasteiger charge is 2.31. The summed E-state index contributed by atoms with van der Waals surface area (Å²) in [7, 11) is 0. The molecule has 0 bridgehead atoms. The topological polar surface area (TPSA) is 61.1 Å². The number of hydrogen-bond acceptors (Lipinski definition) is 4. The summed E-state index contributed by atoms with van der Waals surface area (Å²) >= 11 is 1.17. The predicted molar refractivity (Wildman–Crippen MR) is 112 cm³/mol. The molecule has 0 N–H and O–H groups in total. The molecule has 0 unspecified atom stereocenters. The zero-order valence-electron chi connectivity index (χ0n) is 16.1. The molecule has 0 aliphatic heterocycles. The first-order valence-electron chi connectivity index (χ1n) is 9.18. The van der Waals surface area contributed by atoms with E-state index in [9.17, 15) is 27.6 Å². The Hall–Kier alpha value is -3.46. The molecule has 0 fully saturated rings. The van der Waals surface area contributed by atoms with E-state index in [0.29, 0.717) is 10.5 Å². The molecule has 4 rings (SSSR count). The maximum absolute atomic E-state index is 13.2. The predicted octanol–water partition coefficient (Wildman–Crippen LogP) is 4.42. The Balaban J connectivity index is 1.88. The van der Waals surface area contributed by atoms with Crippen LogP contribution in [0.15, 0.2) is 70.3 Å². The molecule has 2 aromatic heterocycles. The minimum atomic E-state index is -4.59. The number of benzene rings is 2. The van der Waals surface area contributed by atoms with Crippen molar-refractivity contribution in [2.45, 2.75) is 19.6 Å². The Kier molecular flexibility index (Phi) is 5.14. The summed E-state index contributed by atoms with van der Waals surface area (Å²) in [5.41, 5.74) is -2.02. The molecular weight excluding hydrogens is 429 g/mol. The van der Waals surface area contributed by atoms with E-state index in [-0.39, 0.29) is 10.9 Å². The van der Waals surface area contributed by atoms with Crippen LogP contribution in [0.4, 0.5) is 13.2 Å². The summed E-state index contributed by atoms with van der Waals surface area (Å²) in [6.45, 7) is 1.27. The lowest BCUT2D eigenvalue weighted by molar-refractivity contribution is -0.137. The van der Waals surface area contributed by atoms with Crippen LogP contribution < -0.4 is 11.2 Å². The number of Topliss-reactive ketones (excluding diaryl/α,β-unsaturated/α-hetero) is 1. The number of para-hydroxylation sites is 1. The summed E-state index contributed by atoms with van der Waals surface area (Å²) in [5, 5.41) is 0.266. The number of fused-ring (bicyclic) bond motifs is 1. The van der Waals surface area contributed by atoms with Crippen LogP contribution >= 0.6 is 11.3 Å². The van der Waals surface area contributed by atoms with Crippen LogP contribution in [-0.4, -0.2) is 14.9 Å². The highest BCUT2D eigenvalue weighted by Crippen LogP contribution is 2.30. The lowest BCUT2D eigenvalue weighted by atomic mass is 10.1. The number of carbonyl (C=O) groups is 1. The number of rotatable bonds is 4. The fraction of sp³-hybridized carbons (Fsp3) is 0.136. The summed E-state index contributed by atoms with van der Waals surface area (Å²) in [5.74, 6) is -0.668. The van der Waals surface area contributed by atoms with Gasteiger partial charge in [-0.25, -0.2) is 9.36 Å². The first-order chi connectivity index (χ1) is 14.7. The number of thiophene rings is 1. The minimum absolute atomic E-state index is 0.166. The SMILES string of the molecule is Cc1cc2c(=O)n(-c3ccccc3)c(=O)n(CC(=O)c3cccc(C(F)(F)F)c3)c2s1. The maximum atomic E-state index is 13.2. The zero-order valence-corrected chi connectivity index (χ0v) is 17.0. The Labute approximate surface area is 177 Å². The molecule has 2 heterocycles. The molecule has 5 nitrogen and oxygen atoms in total. The van der Waals surface area contributed by atoms with Gasteiger partial charge in [-0.1, -0.05) is 30.3 Å². The van der Waals surface area contributed by atoms with Crippen LogP contribution in [0.2, 0.25) is 0 Å². The molecule has 9 heteroatoms. The van der Waals surface area contributed by atoms with Gasteiger partial charge in [0.2, 0.25) is 0 Å². The van der Waals surface area contributed by atoms with Crippen molar-refractivity contribution in [1.82, 2.24) is 9.13 Å². The van der Waals surface area contributed by atoms with E-state index < -0.39 is 35.3 Å². The van der Waals surface area contributed by atoms with Crippen LogP contribution in [0, 0.1) is 6.92 Å². The van der Waals surface area contributed by atoms with Gasteiger partial charge in [-0.05, 0) is 37.3 Å². The normalized spacial score (nSPS) is 11.7. The van der Waals surface area contributed by atoms with Crippen LogP contribution in [-0.2, 0) is 12.7 Å². The van der Waals surface area contributed by atoms with Crippen LogP contribution in [0.25, 0.3) is 15.9 Å². The molecule has 2 aromatic carbocycles.